The van der Waals surface area contributed by atoms with Gasteiger partial charge in [0.2, 0.25) is 0 Å². The predicted molar refractivity (Wildman–Crippen MR) is 84.4 cm³/mol. The molecule has 0 unspecified atom stereocenters. The van der Waals surface area contributed by atoms with Gasteiger partial charge in [-0.1, -0.05) is 0 Å². The summed E-state index contributed by atoms with van der Waals surface area (Å²) in [7, 11) is 1.74. The van der Waals surface area contributed by atoms with Crippen LogP contribution in [-0.4, -0.2) is 49.9 Å². The molecular weight excluding hydrogens is 355 g/mol. The first-order valence-electron chi connectivity index (χ1n) is 6.71. The van der Waals surface area contributed by atoms with Crippen LogP contribution < -0.4 is 10.2 Å². The van der Waals surface area contributed by atoms with E-state index in [1.54, 1.807) is 13.4 Å². The summed E-state index contributed by atoms with van der Waals surface area (Å²) in [4.78, 5) is 10.8. The van der Waals surface area contributed by atoms with Crippen LogP contribution in [0.3, 0.4) is 0 Å². The van der Waals surface area contributed by atoms with Crippen LogP contribution in [0.25, 0.3) is 0 Å². The molecule has 0 amide bonds. The molecule has 0 atom stereocenters. The Morgan fingerprint density at radius 2 is 2.26 bits per heavy atom. The molecule has 0 radical (unpaired) electrons. The molecule has 2 rings (SSSR count). The molecule has 1 saturated heterocycles. The van der Waals surface area contributed by atoms with Gasteiger partial charge in [0.15, 0.2) is 0 Å². The molecule has 0 aromatic carbocycles. The number of halogens is 1. The average molecular weight is 376 g/mol. The minimum absolute atomic E-state index is 0.771. The maximum atomic E-state index is 5.03. The van der Waals surface area contributed by atoms with Gasteiger partial charge in [-0.25, -0.2) is 9.97 Å². The van der Waals surface area contributed by atoms with Crippen molar-refractivity contribution in [1.82, 2.24) is 15.3 Å². The summed E-state index contributed by atoms with van der Waals surface area (Å²) in [6.45, 7) is 5.00. The Morgan fingerprint density at radius 1 is 1.47 bits per heavy atom. The summed E-state index contributed by atoms with van der Waals surface area (Å²) in [6.07, 6.45) is 5.96. The quantitative estimate of drug-likeness (QED) is 0.603. The summed E-state index contributed by atoms with van der Waals surface area (Å²) in [5.74, 6) is 1.86. The van der Waals surface area contributed by atoms with Crippen molar-refractivity contribution in [3.63, 3.8) is 0 Å². The van der Waals surface area contributed by atoms with E-state index in [1.807, 2.05) is 6.20 Å². The highest BCUT2D eigenvalue weighted by atomic mass is 127. The van der Waals surface area contributed by atoms with Crippen molar-refractivity contribution in [2.24, 2.45) is 5.92 Å². The highest BCUT2D eigenvalue weighted by Gasteiger charge is 2.21. The lowest BCUT2D eigenvalue weighted by molar-refractivity contribution is 0.196. The molecule has 1 aromatic heterocycles. The molecule has 1 N–H and O–H groups in total. The number of aromatic nitrogens is 2. The van der Waals surface area contributed by atoms with Crippen LogP contribution in [0, 0.1) is 9.49 Å². The normalized spacial score (nSPS) is 16.8. The molecule has 1 fully saturated rings. The zero-order valence-electron chi connectivity index (χ0n) is 11.3. The summed E-state index contributed by atoms with van der Waals surface area (Å²) >= 11 is 2.31. The highest BCUT2D eigenvalue weighted by molar-refractivity contribution is 14.1. The molecule has 1 aromatic rings. The van der Waals surface area contributed by atoms with E-state index >= 15 is 0 Å². The van der Waals surface area contributed by atoms with Crippen molar-refractivity contribution in [3.05, 3.63) is 16.1 Å². The van der Waals surface area contributed by atoms with Crippen LogP contribution in [0.4, 0.5) is 5.82 Å². The van der Waals surface area contributed by atoms with Crippen LogP contribution in [0.2, 0.25) is 0 Å². The largest absolute Gasteiger partial charge is 0.383 e. The van der Waals surface area contributed by atoms with Crippen molar-refractivity contribution in [3.8, 4) is 0 Å². The first-order valence-corrected chi connectivity index (χ1v) is 7.79. The Morgan fingerprint density at radius 3 is 2.95 bits per heavy atom. The Hall–Kier alpha value is -0.470. The molecule has 2 heterocycles. The van der Waals surface area contributed by atoms with Gasteiger partial charge in [-0.2, -0.15) is 0 Å². The Balaban J connectivity index is 1.75. The number of piperidine rings is 1. The van der Waals surface area contributed by atoms with Crippen LogP contribution >= 0.6 is 22.6 Å². The van der Waals surface area contributed by atoms with E-state index in [1.165, 1.54) is 12.8 Å². The minimum Gasteiger partial charge on any atom is -0.383 e. The fraction of sp³-hybridized carbons (Fsp3) is 0.692. The fourth-order valence-corrected chi connectivity index (χ4v) is 3.01. The second-order valence-electron chi connectivity index (χ2n) is 4.82. The summed E-state index contributed by atoms with van der Waals surface area (Å²) in [6, 6.07) is 0. The van der Waals surface area contributed by atoms with E-state index in [0.29, 0.717) is 0 Å². The number of nitrogens with zero attached hydrogens (tertiary/aromatic N) is 3. The molecule has 0 saturated carbocycles. The SMILES string of the molecule is COCCNCC1CCN(c2ncncc2I)CC1. The molecule has 6 heteroatoms. The zero-order chi connectivity index (χ0) is 13.5. The maximum absolute atomic E-state index is 5.03. The monoisotopic (exact) mass is 376 g/mol. The summed E-state index contributed by atoms with van der Waals surface area (Å²) < 4.78 is 6.17. The van der Waals surface area contributed by atoms with Crippen molar-refractivity contribution in [1.29, 1.82) is 0 Å². The van der Waals surface area contributed by atoms with Gasteiger partial charge in [0.25, 0.3) is 0 Å². The van der Waals surface area contributed by atoms with E-state index in [4.69, 9.17) is 4.74 Å². The zero-order valence-corrected chi connectivity index (χ0v) is 13.5. The maximum Gasteiger partial charge on any atom is 0.145 e. The molecule has 0 aliphatic carbocycles. The van der Waals surface area contributed by atoms with Crippen molar-refractivity contribution >= 4 is 28.4 Å². The van der Waals surface area contributed by atoms with Gasteiger partial charge in [0.05, 0.1) is 10.2 Å². The van der Waals surface area contributed by atoms with E-state index in [2.05, 4.69) is 42.8 Å². The van der Waals surface area contributed by atoms with Gasteiger partial charge in [-0.15, -0.1) is 0 Å². The minimum atomic E-state index is 0.771. The van der Waals surface area contributed by atoms with Crippen molar-refractivity contribution in [2.75, 3.05) is 44.8 Å². The van der Waals surface area contributed by atoms with Gasteiger partial charge in [-0.05, 0) is 47.9 Å². The molecule has 5 nitrogen and oxygen atoms in total. The summed E-state index contributed by atoms with van der Waals surface area (Å²) in [5, 5.41) is 3.45. The highest BCUT2D eigenvalue weighted by Crippen LogP contribution is 2.24. The van der Waals surface area contributed by atoms with Crippen molar-refractivity contribution < 1.29 is 4.74 Å². The number of methoxy groups -OCH3 is 1. The lowest BCUT2D eigenvalue weighted by Crippen LogP contribution is -2.38. The van der Waals surface area contributed by atoms with Gasteiger partial charge >= 0.3 is 0 Å². The van der Waals surface area contributed by atoms with Crippen LogP contribution in [-0.2, 0) is 4.74 Å². The lowest BCUT2D eigenvalue weighted by atomic mass is 9.97. The van der Waals surface area contributed by atoms with Crippen LogP contribution in [0.1, 0.15) is 12.8 Å². The Labute approximate surface area is 128 Å². The number of hydrogen-bond acceptors (Lipinski definition) is 5. The number of rotatable bonds is 6. The third-order valence-corrected chi connectivity index (χ3v) is 4.24. The molecule has 0 bridgehead atoms. The Bertz CT molecular complexity index is 383. The smallest absolute Gasteiger partial charge is 0.145 e. The topological polar surface area (TPSA) is 50.3 Å². The average Bonchev–Trinajstić information content (AvgIpc) is 2.45. The molecule has 19 heavy (non-hydrogen) atoms. The van der Waals surface area contributed by atoms with E-state index in [-0.39, 0.29) is 0 Å². The first-order chi connectivity index (χ1) is 9.31. The number of hydrogen-bond donors (Lipinski definition) is 1. The lowest BCUT2D eigenvalue weighted by Gasteiger charge is -2.33. The molecule has 1 aliphatic rings. The third kappa shape index (κ3) is 4.54. The van der Waals surface area contributed by atoms with E-state index in [9.17, 15) is 0 Å². The molecule has 1 aliphatic heterocycles. The third-order valence-electron chi connectivity index (χ3n) is 3.48. The van der Waals surface area contributed by atoms with Gasteiger partial charge < -0.3 is 15.0 Å². The number of nitrogens with one attached hydrogen (secondary N) is 1. The van der Waals surface area contributed by atoms with Crippen LogP contribution in [0.5, 0.6) is 0 Å². The Kier molecular flexibility index (Phi) is 6.25. The van der Waals surface area contributed by atoms with Gasteiger partial charge in [0, 0.05) is 32.9 Å². The van der Waals surface area contributed by atoms with E-state index in [0.717, 1.165) is 48.1 Å². The van der Waals surface area contributed by atoms with Crippen LogP contribution in [0.15, 0.2) is 12.5 Å². The van der Waals surface area contributed by atoms with Gasteiger partial charge in [-0.3, -0.25) is 0 Å². The number of anilines is 1. The predicted octanol–water partition coefficient (Wildman–Crippen LogP) is 1.53. The molecule has 106 valence electrons. The molecule has 0 spiro atoms. The standard InChI is InChI=1S/C13H21IN4O/c1-19-7-4-15-8-11-2-5-18(6-3-11)13-12(14)9-16-10-17-13/h9-11,15H,2-8H2,1H3. The first kappa shape index (κ1) is 14.9. The van der Waals surface area contributed by atoms with E-state index < -0.39 is 0 Å². The van der Waals surface area contributed by atoms with Gasteiger partial charge in [0.1, 0.15) is 12.1 Å². The summed E-state index contributed by atoms with van der Waals surface area (Å²) in [5.41, 5.74) is 0. The number of ether oxygens (including phenoxy) is 1. The second kappa shape index (κ2) is 7.96. The molecular formula is C13H21IN4O. The fourth-order valence-electron chi connectivity index (χ4n) is 2.37. The second-order valence-corrected chi connectivity index (χ2v) is 5.98. The van der Waals surface area contributed by atoms with Crippen molar-refractivity contribution in [2.45, 2.75) is 12.8 Å².